The molecule has 0 aromatic rings. The van der Waals surface area contributed by atoms with E-state index in [1.54, 1.807) is 4.90 Å². The highest BCUT2D eigenvalue weighted by Crippen LogP contribution is 2.10. The van der Waals surface area contributed by atoms with Crippen LogP contribution >= 0.6 is 0 Å². The summed E-state index contributed by atoms with van der Waals surface area (Å²) in [6.45, 7) is 8.05. The lowest BCUT2D eigenvalue weighted by Gasteiger charge is -2.26. The lowest BCUT2D eigenvalue weighted by Crippen LogP contribution is -2.40. The Morgan fingerprint density at radius 2 is 1.78 bits per heavy atom. The van der Waals surface area contributed by atoms with Crippen LogP contribution in [0.25, 0.3) is 0 Å². The van der Waals surface area contributed by atoms with E-state index >= 15 is 0 Å². The molecule has 1 amide bonds. The van der Waals surface area contributed by atoms with Gasteiger partial charge in [-0.05, 0) is 27.2 Å². The molecule has 0 spiro atoms. The summed E-state index contributed by atoms with van der Waals surface area (Å²) in [5.74, 6) is -0.140. The quantitative estimate of drug-likeness (QED) is 0.713. The first-order valence-corrected chi connectivity index (χ1v) is 6.46. The summed E-state index contributed by atoms with van der Waals surface area (Å²) in [5.41, 5.74) is -0.453. The Morgan fingerprint density at radius 1 is 1.17 bits per heavy atom. The Kier molecular flexibility index (Phi) is 5.59. The fourth-order valence-electron chi connectivity index (χ4n) is 1.75. The molecule has 0 aromatic carbocycles. The predicted molar refractivity (Wildman–Crippen MR) is 67.1 cm³/mol. The number of amides is 1. The molecule has 104 valence electrons. The monoisotopic (exact) mass is 257 g/mol. The normalized spacial score (nSPS) is 16.5. The average molecular weight is 257 g/mol. The summed E-state index contributed by atoms with van der Waals surface area (Å²) in [5, 5.41) is 0. The molecule has 1 aliphatic heterocycles. The van der Waals surface area contributed by atoms with E-state index in [2.05, 4.69) is 0 Å². The van der Waals surface area contributed by atoms with Gasteiger partial charge in [0.25, 0.3) is 0 Å². The minimum absolute atomic E-state index is 0.0989. The molecule has 5 heteroatoms. The second-order valence-electron chi connectivity index (χ2n) is 5.43. The van der Waals surface area contributed by atoms with Crippen LogP contribution in [0.1, 0.15) is 40.0 Å². The lowest BCUT2D eigenvalue weighted by molar-refractivity contribution is -0.155. The van der Waals surface area contributed by atoms with E-state index in [0.717, 1.165) is 0 Å². The summed E-state index contributed by atoms with van der Waals surface area (Å²) >= 11 is 0. The number of carbonyl (C=O) groups is 2. The maximum absolute atomic E-state index is 11.8. The second kappa shape index (κ2) is 6.73. The third kappa shape index (κ3) is 6.00. The SMILES string of the molecule is CC(C)(C)OC(=O)CCCC(=O)N1CCOCC1. The van der Waals surface area contributed by atoms with Gasteiger partial charge in [-0.15, -0.1) is 0 Å². The summed E-state index contributed by atoms with van der Waals surface area (Å²) in [4.78, 5) is 25.0. The number of esters is 1. The molecule has 0 unspecified atom stereocenters. The van der Waals surface area contributed by atoms with Crippen molar-refractivity contribution in [1.82, 2.24) is 4.90 Å². The molecule has 5 nitrogen and oxygen atoms in total. The average Bonchev–Trinajstić information content (AvgIpc) is 2.27. The van der Waals surface area contributed by atoms with Crippen LogP contribution in [0.4, 0.5) is 0 Å². The van der Waals surface area contributed by atoms with Crippen molar-refractivity contribution in [2.24, 2.45) is 0 Å². The van der Waals surface area contributed by atoms with Crippen LogP contribution in [0, 0.1) is 0 Å². The maximum atomic E-state index is 11.8. The zero-order valence-corrected chi connectivity index (χ0v) is 11.5. The van der Waals surface area contributed by atoms with Crippen LogP contribution in [0.3, 0.4) is 0 Å². The molecular formula is C13H23NO4. The van der Waals surface area contributed by atoms with Crippen molar-refractivity contribution in [2.75, 3.05) is 26.3 Å². The van der Waals surface area contributed by atoms with Crippen LogP contribution in [-0.2, 0) is 19.1 Å². The van der Waals surface area contributed by atoms with Gasteiger partial charge < -0.3 is 14.4 Å². The van der Waals surface area contributed by atoms with E-state index in [4.69, 9.17) is 9.47 Å². The Morgan fingerprint density at radius 3 is 2.33 bits per heavy atom. The van der Waals surface area contributed by atoms with Gasteiger partial charge in [0.2, 0.25) is 5.91 Å². The van der Waals surface area contributed by atoms with Gasteiger partial charge in [0.15, 0.2) is 0 Å². The fourth-order valence-corrected chi connectivity index (χ4v) is 1.75. The van der Waals surface area contributed by atoms with Gasteiger partial charge in [0.05, 0.1) is 13.2 Å². The highest BCUT2D eigenvalue weighted by molar-refractivity contribution is 5.77. The number of nitrogens with zero attached hydrogens (tertiary/aromatic N) is 1. The minimum atomic E-state index is -0.453. The Bertz CT molecular complexity index is 290. The van der Waals surface area contributed by atoms with E-state index in [9.17, 15) is 9.59 Å². The molecule has 1 aliphatic rings. The summed E-state index contributed by atoms with van der Waals surface area (Å²) in [7, 11) is 0. The summed E-state index contributed by atoms with van der Waals surface area (Å²) in [6.07, 6.45) is 1.25. The van der Waals surface area contributed by atoms with Crippen molar-refractivity contribution in [1.29, 1.82) is 0 Å². The van der Waals surface area contributed by atoms with Gasteiger partial charge in [-0.2, -0.15) is 0 Å². The van der Waals surface area contributed by atoms with Gasteiger partial charge in [0.1, 0.15) is 5.60 Å². The lowest BCUT2D eigenvalue weighted by atomic mass is 10.2. The van der Waals surface area contributed by atoms with Crippen molar-refractivity contribution < 1.29 is 19.1 Å². The zero-order valence-electron chi connectivity index (χ0n) is 11.5. The Hall–Kier alpha value is -1.10. The van der Waals surface area contributed by atoms with Crippen LogP contribution in [0.5, 0.6) is 0 Å². The molecule has 1 heterocycles. The standard InChI is InChI=1S/C13H23NO4/c1-13(2,3)18-12(16)6-4-5-11(15)14-7-9-17-10-8-14/h4-10H2,1-3H3. The van der Waals surface area contributed by atoms with E-state index in [0.29, 0.717) is 45.6 Å². The van der Waals surface area contributed by atoms with Gasteiger partial charge in [0, 0.05) is 25.9 Å². The van der Waals surface area contributed by atoms with E-state index < -0.39 is 5.60 Å². The molecule has 0 aromatic heterocycles. The zero-order chi connectivity index (χ0) is 13.6. The second-order valence-corrected chi connectivity index (χ2v) is 5.43. The summed E-state index contributed by atoms with van der Waals surface area (Å²) < 4.78 is 10.4. The molecule has 1 rings (SSSR count). The Balaban J connectivity index is 2.17. The predicted octanol–water partition coefficient (Wildman–Crippen LogP) is 1.36. The first-order valence-electron chi connectivity index (χ1n) is 6.46. The first kappa shape index (κ1) is 15.0. The van der Waals surface area contributed by atoms with Gasteiger partial charge in [-0.3, -0.25) is 9.59 Å². The van der Waals surface area contributed by atoms with Crippen molar-refractivity contribution in [3.63, 3.8) is 0 Å². The molecular weight excluding hydrogens is 234 g/mol. The minimum Gasteiger partial charge on any atom is -0.460 e. The van der Waals surface area contributed by atoms with Gasteiger partial charge >= 0.3 is 5.97 Å². The number of hydrogen-bond donors (Lipinski definition) is 0. The molecule has 0 bridgehead atoms. The van der Waals surface area contributed by atoms with Crippen LogP contribution in [0.15, 0.2) is 0 Å². The number of carbonyl (C=O) groups excluding carboxylic acids is 2. The molecule has 0 atom stereocenters. The third-order valence-electron chi connectivity index (χ3n) is 2.56. The number of hydrogen-bond acceptors (Lipinski definition) is 4. The van der Waals surface area contributed by atoms with Crippen molar-refractivity contribution in [3.05, 3.63) is 0 Å². The van der Waals surface area contributed by atoms with Crippen LogP contribution < -0.4 is 0 Å². The molecule has 18 heavy (non-hydrogen) atoms. The Labute approximate surface area is 108 Å². The fraction of sp³-hybridized carbons (Fsp3) is 0.846. The molecule has 0 radical (unpaired) electrons. The van der Waals surface area contributed by atoms with Gasteiger partial charge in [-0.25, -0.2) is 0 Å². The highest BCUT2D eigenvalue weighted by atomic mass is 16.6. The summed E-state index contributed by atoms with van der Waals surface area (Å²) in [6, 6.07) is 0. The molecule has 0 N–H and O–H groups in total. The van der Waals surface area contributed by atoms with Crippen molar-refractivity contribution >= 4 is 11.9 Å². The number of rotatable bonds is 4. The number of ether oxygens (including phenoxy) is 2. The third-order valence-corrected chi connectivity index (χ3v) is 2.56. The molecule has 1 saturated heterocycles. The van der Waals surface area contributed by atoms with Crippen LogP contribution in [0.2, 0.25) is 0 Å². The highest BCUT2D eigenvalue weighted by Gasteiger charge is 2.18. The van der Waals surface area contributed by atoms with Crippen molar-refractivity contribution in [2.45, 2.75) is 45.6 Å². The van der Waals surface area contributed by atoms with E-state index in [1.807, 2.05) is 20.8 Å². The molecule has 1 fully saturated rings. The smallest absolute Gasteiger partial charge is 0.306 e. The van der Waals surface area contributed by atoms with Gasteiger partial charge in [-0.1, -0.05) is 0 Å². The maximum Gasteiger partial charge on any atom is 0.306 e. The first-order chi connectivity index (χ1) is 8.38. The molecule has 0 saturated carbocycles. The molecule has 0 aliphatic carbocycles. The van der Waals surface area contributed by atoms with Crippen molar-refractivity contribution in [3.8, 4) is 0 Å². The topological polar surface area (TPSA) is 55.8 Å². The largest absolute Gasteiger partial charge is 0.460 e. The van der Waals surface area contributed by atoms with E-state index in [-0.39, 0.29) is 11.9 Å². The number of morpholine rings is 1. The van der Waals surface area contributed by atoms with E-state index in [1.165, 1.54) is 0 Å². The van der Waals surface area contributed by atoms with Crippen LogP contribution in [-0.4, -0.2) is 48.7 Å².